The quantitative estimate of drug-likeness (QED) is 0.791. The van der Waals surface area contributed by atoms with Crippen molar-refractivity contribution in [1.29, 1.82) is 0 Å². The molecule has 4 nitrogen and oxygen atoms in total. The third-order valence-corrected chi connectivity index (χ3v) is 4.59. The van der Waals surface area contributed by atoms with Crippen LogP contribution < -0.4 is 10.2 Å². The van der Waals surface area contributed by atoms with Crippen LogP contribution in [0.3, 0.4) is 0 Å². The van der Waals surface area contributed by atoms with Gasteiger partial charge < -0.3 is 4.74 Å². The SMILES string of the molecule is C[C@H](Oc1ccc(Cl)cc1Cl)C(=O)N/N=C1\CCCc2ccccc21. The first-order chi connectivity index (χ1) is 12.0. The van der Waals surface area contributed by atoms with Crippen LogP contribution in [-0.4, -0.2) is 17.7 Å². The van der Waals surface area contributed by atoms with Gasteiger partial charge in [-0.05, 0) is 49.9 Å². The summed E-state index contributed by atoms with van der Waals surface area (Å²) in [6, 6.07) is 13.0. The Bertz CT molecular complexity index is 821. The summed E-state index contributed by atoms with van der Waals surface area (Å²) in [5.74, 6) is 0.0750. The van der Waals surface area contributed by atoms with Crippen molar-refractivity contribution in [2.45, 2.75) is 32.3 Å². The lowest BCUT2D eigenvalue weighted by molar-refractivity contribution is -0.127. The number of rotatable bonds is 4. The van der Waals surface area contributed by atoms with Gasteiger partial charge in [-0.15, -0.1) is 0 Å². The van der Waals surface area contributed by atoms with Gasteiger partial charge in [0, 0.05) is 10.6 Å². The molecule has 0 heterocycles. The zero-order chi connectivity index (χ0) is 17.8. The molecule has 6 heteroatoms. The average molecular weight is 377 g/mol. The molecule has 0 bridgehead atoms. The van der Waals surface area contributed by atoms with Crippen LogP contribution in [0.25, 0.3) is 0 Å². The maximum atomic E-state index is 12.3. The van der Waals surface area contributed by atoms with E-state index in [1.54, 1.807) is 25.1 Å². The molecule has 1 aliphatic rings. The largest absolute Gasteiger partial charge is 0.479 e. The van der Waals surface area contributed by atoms with Crippen molar-refractivity contribution in [3.8, 4) is 5.75 Å². The molecule has 0 radical (unpaired) electrons. The fourth-order valence-electron chi connectivity index (χ4n) is 2.75. The molecule has 25 heavy (non-hydrogen) atoms. The van der Waals surface area contributed by atoms with E-state index in [4.69, 9.17) is 27.9 Å². The second kappa shape index (κ2) is 7.89. The van der Waals surface area contributed by atoms with Gasteiger partial charge in [-0.25, -0.2) is 5.43 Å². The number of benzene rings is 2. The van der Waals surface area contributed by atoms with Gasteiger partial charge in [0.2, 0.25) is 0 Å². The molecule has 1 aliphatic carbocycles. The first kappa shape index (κ1) is 17.8. The number of carbonyl (C=O) groups excluding carboxylic acids is 1. The molecular weight excluding hydrogens is 359 g/mol. The van der Waals surface area contributed by atoms with Gasteiger partial charge in [0.15, 0.2) is 6.10 Å². The summed E-state index contributed by atoms with van der Waals surface area (Å²) >= 11 is 11.9. The molecule has 0 spiro atoms. The Morgan fingerprint density at radius 3 is 2.80 bits per heavy atom. The molecule has 0 unspecified atom stereocenters. The third kappa shape index (κ3) is 4.33. The number of hydrazone groups is 1. The number of ether oxygens (including phenoxy) is 1. The zero-order valence-corrected chi connectivity index (χ0v) is 15.3. The summed E-state index contributed by atoms with van der Waals surface area (Å²) in [5.41, 5.74) is 5.86. The Morgan fingerprint density at radius 2 is 2.00 bits per heavy atom. The first-order valence-electron chi connectivity index (χ1n) is 8.11. The van der Waals surface area contributed by atoms with Gasteiger partial charge in [0.1, 0.15) is 5.75 Å². The molecule has 2 aromatic carbocycles. The van der Waals surface area contributed by atoms with Gasteiger partial charge in [-0.1, -0.05) is 47.5 Å². The highest BCUT2D eigenvalue weighted by atomic mass is 35.5. The topological polar surface area (TPSA) is 50.7 Å². The highest BCUT2D eigenvalue weighted by molar-refractivity contribution is 6.35. The number of nitrogens with zero attached hydrogens (tertiary/aromatic N) is 1. The van der Waals surface area contributed by atoms with E-state index in [0.717, 1.165) is 30.5 Å². The maximum absolute atomic E-state index is 12.3. The van der Waals surface area contributed by atoms with Crippen LogP contribution in [0.15, 0.2) is 47.6 Å². The molecule has 3 rings (SSSR count). The summed E-state index contributed by atoms with van der Waals surface area (Å²) in [6.07, 6.45) is 2.17. The first-order valence-corrected chi connectivity index (χ1v) is 8.86. The molecule has 1 atom stereocenters. The Hall–Kier alpha value is -2.04. The van der Waals surface area contributed by atoms with E-state index in [2.05, 4.69) is 16.6 Å². The van der Waals surface area contributed by atoms with Crippen molar-refractivity contribution in [2.75, 3.05) is 0 Å². The standard InChI is InChI=1S/C19H18Cl2N2O2/c1-12(25-18-10-9-14(20)11-16(18)21)19(24)23-22-17-8-4-6-13-5-2-3-7-15(13)17/h2-3,5,7,9-12H,4,6,8H2,1H3,(H,23,24)/b22-17+/t12-/m0/s1. The number of fused-ring (bicyclic) bond motifs is 1. The number of aryl methyl sites for hydroxylation is 1. The lowest BCUT2D eigenvalue weighted by Crippen LogP contribution is -2.34. The summed E-state index contributed by atoms with van der Waals surface area (Å²) < 4.78 is 5.60. The molecule has 0 fully saturated rings. The van der Waals surface area contributed by atoms with Crippen molar-refractivity contribution in [3.63, 3.8) is 0 Å². The summed E-state index contributed by atoms with van der Waals surface area (Å²) in [7, 11) is 0. The predicted molar refractivity (Wildman–Crippen MR) is 101 cm³/mol. The smallest absolute Gasteiger partial charge is 0.280 e. The molecule has 1 amide bonds. The monoisotopic (exact) mass is 376 g/mol. The number of hydrogen-bond donors (Lipinski definition) is 1. The molecule has 2 aromatic rings. The minimum atomic E-state index is -0.734. The second-order valence-corrected chi connectivity index (χ2v) is 6.72. The van der Waals surface area contributed by atoms with Crippen molar-refractivity contribution in [2.24, 2.45) is 5.10 Å². The summed E-state index contributed by atoms with van der Waals surface area (Å²) in [4.78, 5) is 12.3. The van der Waals surface area contributed by atoms with Crippen molar-refractivity contribution in [3.05, 3.63) is 63.6 Å². The Morgan fingerprint density at radius 1 is 1.20 bits per heavy atom. The molecule has 0 saturated heterocycles. The number of halogens is 2. The van der Waals surface area contributed by atoms with Crippen LogP contribution in [-0.2, 0) is 11.2 Å². The number of carbonyl (C=O) groups is 1. The fraction of sp³-hybridized carbons (Fsp3) is 0.263. The molecular formula is C19H18Cl2N2O2. The maximum Gasteiger partial charge on any atom is 0.280 e. The molecule has 0 aliphatic heterocycles. The summed E-state index contributed by atoms with van der Waals surface area (Å²) in [5, 5.41) is 5.18. The van der Waals surface area contributed by atoms with E-state index < -0.39 is 6.10 Å². The molecule has 0 aromatic heterocycles. The third-order valence-electron chi connectivity index (χ3n) is 4.06. The number of amides is 1. The van der Waals surface area contributed by atoms with E-state index in [1.807, 2.05) is 18.2 Å². The van der Waals surface area contributed by atoms with E-state index in [1.165, 1.54) is 5.56 Å². The number of hydrogen-bond acceptors (Lipinski definition) is 3. The molecule has 1 N–H and O–H groups in total. The Balaban J connectivity index is 1.66. The molecule has 0 saturated carbocycles. The lowest BCUT2D eigenvalue weighted by Gasteiger charge is -2.18. The van der Waals surface area contributed by atoms with Crippen LogP contribution >= 0.6 is 23.2 Å². The van der Waals surface area contributed by atoms with Gasteiger partial charge >= 0.3 is 0 Å². The average Bonchev–Trinajstić information content (AvgIpc) is 2.61. The highest BCUT2D eigenvalue weighted by Gasteiger charge is 2.18. The van der Waals surface area contributed by atoms with Gasteiger partial charge in [0.25, 0.3) is 5.91 Å². The minimum absolute atomic E-state index is 0.332. The normalized spacial score (nSPS) is 16.2. The van der Waals surface area contributed by atoms with E-state index in [0.29, 0.717) is 15.8 Å². The summed E-state index contributed by atoms with van der Waals surface area (Å²) in [6.45, 7) is 1.65. The van der Waals surface area contributed by atoms with Crippen LogP contribution in [0.5, 0.6) is 5.75 Å². The Labute approximate surface area is 156 Å². The van der Waals surface area contributed by atoms with Crippen molar-refractivity contribution < 1.29 is 9.53 Å². The predicted octanol–water partition coefficient (Wildman–Crippen LogP) is 4.62. The zero-order valence-electron chi connectivity index (χ0n) is 13.8. The van der Waals surface area contributed by atoms with Crippen LogP contribution in [0, 0.1) is 0 Å². The Kier molecular flexibility index (Phi) is 5.61. The van der Waals surface area contributed by atoms with Gasteiger partial charge in [-0.2, -0.15) is 5.10 Å². The van der Waals surface area contributed by atoms with E-state index in [9.17, 15) is 4.79 Å². The van der Waals surface area contributed by atoms with Crippen LogP contribution in [0.4, 0.5) is 0 Å². The lowest BCUT2D eigenvalue weighted by atomic mass is 9.90. The molecule has 130 valence electrons. The van der Waals surface area contributed by atoms with Crippen LogP contribution in [0.1, 0.15) is 30.9 Å². The fourth-order valence-corrected chi connectivity index (χ4v) is 3.20. The van der Waals surface area contributed by atoms with Gasteiger partial charge in [-0.3, -0.25) is 4.79 Å². The van der Waals surface area contributed by atoms with E-state index >= 15 is 0 Å². The van der Waals surface area contributed by atoms with Crippen LogP contribution in [0.2, 0.25) is 10.0 Å². The van der Waals surface area contributed by atoms with Crippen molar-refractivity contribution >= 4 is 34.8 Å². The minimum Gasteiger partial charge on any atom is -0.479 e. The number of nitrogens with one attached hydrogen (secondary N) is 1. The van der Waals surface area contributed by atoms with Gasteiger partial charge in [0.05, 0.1) is 10.7 Å². The van der Waals surface area contributed by atoms with E-state index in [-0.39, 0.29) is 5.91 Å². The van der Waals surface area contributed by atoms with Crippen molar-refractivity contribution in [1.82, 2.24) is 5.43 Å². The highest BCUT2D eigenvalue weighted by Crippen LogP contribution is 2.28. The second-order valence-electron chi connectivity index (χ2n) is 5.88.